The minimum Gasteiger partial charge on any atom is -0.493 e. The largest absolute Gasteiger partial charge is 0.493 e. The Morgan fingerprint density at radius 3 is 2.52 bits per heavy atom. The van der Waals surface area contributed by atoms with E-state index in [9.17, 15) is 0 Å². The van der Waals surface area contributed by atoms with Crippen LogP contribution in [0.4, 0.5) is 0 Å². The Morgan fingerprint density at radius 2 is 1.91 bits per heavy atom. The Balaban J connectivity index is 0.00000264. The van der Waals surface area contributed by atoms with Gasteiger partial charge in [0.1, 0.15) is 0 Å². The molecule has 130 valence electrons. The normalized spacial score (nSPS) is 14.0. The van der Waals surface area contributed by atoms with Crippen LogP contribution in [0.15, 0.2) is 23.2 Å². The first-order valence-electron chi connectivity index (χ1n) is 7.92. The standard InChI is InChI=1S/C17H27N3O2.HI/c1-18-17(20-12-14-6-7-14)19-10-4-5-13-8-9-15(21-2)16(11-13)22-3;/h8-9,11,14H,4-7,10,12H2,1-3H3,(H2,18,19,20);1H. The number of ether oxygens (including phenoxy) is 2. The van der Waals surface area contributed by atoms with Gasteiger partial charge in [-0.05, 0) is 49.3 Å². The second kappa shape index (κ2) is 10.6. The summed E-state index contributed by atoms with van der Waals surface area (Å²) in [5.74, 6) is 3.31. The van der Waals surface area contributed by atoms with Gasteiger partial charge >= 0.3 is 0 Å². The van der Waals surface area contributed by atoms with E-state index in [0.717, 1.165) is 49.3 Å². The summed E-state index contributed by atoms with van der Waals surface area (Å²) in [7, 11) is 5.14. The first kappa shape index (κ1) is 19.9. The molecule has 1 aliphatic carbocycles. The van der Waals surface area contributed by atoms with Crippen molar-refractivity contribution in [3.63, 3.8) is 0 Å². The Kier molecular flexibility index (Phi) is 9.13. The number of aliphatic imine (C=N–C) groups is 1. The third kappa shape index (κ3) is 6.85. The van der Waals surface area contributed by atoms with Crippen LogP contribution in [-0.4, -0.2) is 40.3 Å². The van der Waals surface area contributed by atoms with Crippen LogP contribution in [0.2, 0.25) is 0 Å². The fraction of sp³-hybridized carbons (Fsp3) is 0.588. The van der Waals surface area contributed by atoms with E-state index in [0.29, 0.717) is 0 Å². The van der Waals surface area contributed by atoms with Gasteiger partial charge in [0.25, 0.3) is 0 Å². The molecule has 23 heavy (non-hydrogen) atoms. The molecule has 1 aliphatic rings. The third-order valence-electron chi connectivity index (χ3n) is 3.86. The van der Waals surface area contributed by atoms with Crippen LogP contribution < -0.4 is 20.1 Å². The maximum atomic E-state index is 5.33. The molecule has 0 radical (unpaired) electrons. The predicted octanol–water partition coefficient (Wildman–Crippen LogP) is 2.83. The van der Waals surface area contributed by atoms with Gasteiger partial charge in [0.05, 0.1) is 14.2 Å². The van der Waals surface area contributed by atoms with E-state index in [2.05, 4.69) is 21.7 Å². The van der Waals surface area contributed by atoms with Crippen molar-refractivity contribution >= 4 is 29.9 Å². The lowest BCUT2D eigenvalue weighted by Gasteiger charge is -2.12. The molecular formula is C17H28IN3O2. The van der Waals surface area contributed by atoms with Crippen LogP contribution in [0.25, 0.3) is 0 Å². The van der Waals surface area contributed by atoms with E-state index in [1.165, 1.54) is 18.4 Å². The SMILES string of the molecule is CN=C(NCCCc1ccc(OC)c(OC)c1)NCC1CC1.I. The summed E-state index contributed by atoms with van der Waals surface area (Å²) in [6, 6.07) is 6.08. The minimum absolute atomic E-state index is 0. The number of hydrogen-bond acceptors (Lipinski definition) is 3. The molecule has 1 aromatic rings. The second-order valence-corrected chi connectivity index (χ2v) is 5.62. The fourth-order valence-corrected chi connectivity index (χ4v) is 2.32. The smallest absolute Gasteiger partial charge is 0.190 e. The van der Waals surface area contributed by atoms with E-state index in [4.69, 9.17) is 9.47 Å². The van der Waals surface area contributed by atoms with Crippen molar-refractivity contribution in [1.29, 1.82) is 0 Å². The molecule has 6 heteroatoms. The summed E-state index contributed by atoms with van der Waals surface area (Å²) in [6.07, 6.45) is 4.74. The summed E-state index contributed by atoms with van der Waals surface area (Å²) in [6.45, 7) is 1.94. The van der Waals surface area contributed by atoms with Gasteiger partial charge in [0.15, 0.2) is 17.5 Å². The van der Waals surface area contributed by atoms with E-state index < -0.39 is 0 Å². The van der Waals surface area contributed by atoms with Gasteiger partial charge < -0.3 is 20.1 Å². The first-order chi connectivity index (χ1) is 10.8. The fourth-order valence-electron chi connectivity index (χ4n) is 2.32. The highest BCUT2D eigenvalue weighted by Gasteiger charge is 2.20. The second-order valence-electron chi connectivity index (χ2n) is 5.62. The molecule has 0 atom stereocenters. The molecule has 0 unspecified atom stereocenters. The third-order valence-corrected chi connectivity index (χ3v) is 3.86. The monoisotopic (exact) mass is 433 g/mol. The van der Waals surface area contributed by atoms with Crippen LogP contribution in [-0.2, 0) is 6.42 Å². The number of hydrogen-bond donors (Lipinski definition) is 2. The van der Waals surface area contributed by atoms with Crippen LogP contribution in [0.5, 0.6) is 11.5 Å². The number of methoxy groups -OCH3 is 2. The lowest BCUT2D eigenvalue weighted by molar-refractivity contribution is 0.354. The zero-order valence-electron chi connectivity index (χ0n) is 14.2. The summed E-state index contributed by atoms with van der Waals surface area (Å²) in [5, 5.41) is 6.72. The van der Waals surface area contributed by atoms with Crippen molar-refractivity contribution < 1.29 is 9.47 Å². The molecule has 1 fully saturated rings. The number of halogens is 1. The van der Waals surface area contributed by atoms with Crippen molar-refractivity contribution in [3.05, 3.63) is 23.8 Å². The summed E-state index contributed by atoms with van der Waals surface area (Å²) < 4.78 is 10.6. The zero-order chi connectivity index (χ0) is 15.8. The summed E-state index contributed by atoms with van der Waals surface area (Å²) in [4.78, 5) is 4.24. The van der Waals surface area contributed by atoms with Crippen LogP contribution in [0, 0.1) is 5.92 Å². The van der Waals surface area contributed by atoms with Gasteiger partial charge in [0, 0.05) is 20.1 Å². The lowest BCUT2D eigenvalue weighted by Crippen LogP contribution is -2.38. The van der Waals surface area contributed by atoms with Crippen molar-refractivity contribution in [3.8, 4) is 11.5 Å². The number of benzene rings is 1. The van der Waals surface area contributed by atoms with Crippen LogP contribution in [0.1, 0.15) is 24.8 Å². The Hall–Kier alpha value is -1.18. The van der Waals surface area contributed by atoms with Crippen molar-refractivity contribution in [2.24, 2.45) is 10.9 Å². The lowest BCUT2D eigenvalue weighted by atomic mass is 10.1. The molecule has 0 heterocycles. The molecule has 1 aromatic carbocycles. The van der Waals surface area contributed by atoms with Gasteiger partial charge in [-0.15, -0.1) is 24.0 Å². The van der Waals surface area contributed by atoms with Gasteiger partial charge in [0.2, 0.25) is 0 Å². The molecule has 2 N–H and O–H groups in total. The average molecular weight is 433 g/mol. The maximum absolute atomic E-state index is 5.33. The molecule has 1 saturated carbocycles. The van der Waals surface area contributed by atoms with E-state index in [1.54, 1.807) is 14.2 Å². The summed E-state index contributed by atoms with van der Waals surface area (Å²) >= 11 is 0. The molecule has 0 amide bonds. The predicted molar refractivity (Wildman–Crippen MR) is 105 cm³/mol. The zero-order valence-corrected chi connectivity index (χ0v) is 16.6. The summed E-state index contributed by atoms with van der Waals surface area (Å²) in [5.41, 5.74) is 1.25. The van der Waals surface area contributed by atoms with Gasteiger partial charge in [-0.2, -0.15) is 0 Å². The number of guanidine groups is 1. The van der Waals surface area contributed by atoms with E-state index >= 15 is 0 Å². The molecule has 5 nitrogen and oxygen atoms in total. The number of nitrogens with zero attached hydrogens (tertiary/aromatic N) is 1. The topological polar surface area (TPSA) is 54.9 Å². The Labute approximate surface area is 156 Å². The van der Waals surface area contributed by atoms with Crippen molar-refractivity contribution in [2.75, 3.05) is 34.4 Å². The average Bonchev–Trinajstić information content (AvgIpc) is 3.38. The quantitative estimate of drug-likeness (QED) is 0.287. The van der Waals surface area contributed by atoms with Crippen LogP contribution >= 0.6 is 24.0 Å². The molecule has 0 aromatic heterocycles. The Morgan fingerprint density at radius 1 is 1.17 bits per heavy atom. The molecule has 0 spiro atoms. The molecule has 0 bridgehead atoms. The Bertz CT molecular complexity index is 505. The number of rotatable bonds is 8. The molecular weight excluding hydrogens is 405 g/mol. The van der Waals surface area contributed by atoms with Gasteiger partial charge in [-0.1, -0.05) is 6.07 Å². The minimum atomic E-state index is 0. The van der Waals surface area contributed by atoms with Gasteiger partial charge in [-0.3, -0.25) is 4.99 Å². The van der Waals surface area contributed by atoms with Gasteiger partial charge in [-0.25, -0.2) is 0 Å². The van der Waals surface area contributed by atoms with Crippen molar-refractivity contribution in [2.45, 2.75) is 25.7 Å². The maximum Gasteiger partial charge on any atom is 0.190 e. The highest BCUT2D eigenvalue weighted by atomic mass is 127. The van der Waals surface area contributed by atoms with Crippen LogP contribution in [0.3, 0.4) is 0 Å². The van der Waals surface area contributed by atoms with Crippen molar-refractivity contribution in [1.82, 2.24) is 10.6 Å². The molecule has 2 rings (SSSR count). The molecule has 0 aliphatic heterocycles. The highest BCUT2D eigenvalue weighted by Crippen LogP contribution is 2.28. The van der Waals surface area contributed by atoms with E-state index in [1.807, 2.05) is 19.2 Å². The highest BCUT2D eigenvalue weighted by molar-refractivity contribution is 14.0. The number of aryl methyl sites for hydroxylation is 1. The molecule has 0 saturated heterocycles. The number of nitrogens with one attached hydrogen (secondary N) is 2. The van der Waals surface area contributed by atoms with E-state index in [-0.39, 0.29) is 24.0 Å². The first-order valence-corrected chi connectivity index (χ1v) is 7.92.